The average Bonchev–Trinajstić information content (AvgIpc) is 2.92. The van der Waals surface area contributed by atoms with Gasteiger partial charge in [0.25, 0.3) is 0 Å². The van der Waals surface area contributed by atoms with Crippen LogP contribution < -0.4 is 10.1 Å². The van der Waals surface area contributed by atoms with Gasteiger partial charge in [0.05, 0.1) is 6.61 Å². The first-order valence-electron chi connectivity index (χ1n) is 7.38. The molecule has 1 aromatic rings. The van der Waals surface area contributed by atoms with E-state index in [4.69, 9.17) is 4.74 Å². The molecule has 0 aliphatic carbocycles. The summed E-state index contributed by atoms with van der Waals surface area (Å²) in [6.07, 6.45) is 2.82. The first-order valence-corrected chi connectivity index (χ1v) is 7.38. The SMILES string of the molecule is CNC(=O)C[C@H]1CCN(CCCOc2ccccc2)C1. The van der Waals surface area contributed by atoms with E-state index in [9.17, 15) is 4.79 Å². The summed E-state index contributed by atoms with van der Waals surface area (Å²) in [5.74, 6) is 1.61. The van der Waals surface area contributed by atoms with Gasteiger partial charge in [-0.05, 0) is 37.4 Å². The Morgan fingerprint density at radius 2 is 2.20 bits per heavy atom. The van der Waals surface area contributed by atoms with Gasteiger partial charge in [0.1, 0.15) is 5.75 Å². The van der Waals surface area contributed by atoms with Crippen LogP contribution in [0.15, 0.2) is 30.3 Å². The maximum absolute atomic E-state index is 11.3. The Kier molecular flexibility index (Phi) is 5.87. The lowest BCUT2D eigenvalue weighted by Gasteiger charge is -2.16. The van der Waals surface area contributed by atoms with E-state index < -0.39 is 0 Å². The summed E-state index contributed by atoms with van der Waals surface area (Å²) in [5, 5.41) is 2.70. The molecule has 1 aliphatic heterocycles. The van der Waals surface area contributed by atoms with Crippen LogP contribution >= 0.6 is 0 Å². The van der Waals surface area contributed by atoms with Crippen LogP contribution in [0.4, 0.5) is 0 Å². The van der Waals surface area contributed by atoms with Crippen molar-refractivity contribution < 1.29 is 9.53 Å². The van der Waals surface area contributed by atoms with Crippen molar-refractivity contribution in [1.29, 1.82) is 0 Å². The molecule has 0 unspecified atom stereocenters. The summed E-state index contributed by atoms with van der Waals surface area (Å²) in [6.45, 7) is 3.95. The smallest absolute Gasteiger partial charge is 0.220 e. The molecule has 1 aliphatic rings. The van der Waals surface area contributed by atoms with Gasteiger partial charge in [0.15, 0.2) is 0 Å². The summed E-state index contributed by atoms with van der Waals surface area (Å²) in [5.41, 5.74) is 0. The molecule has 0 radical (unpaired) electrons. The zero-order valence-electron chi connectivity index (χ0n) is 12.2. The number of carbonyl (C=O) groups is 1. The van der Waals surface area contributed by atoms with Crippen LogP contribution in [0.5, 0.6) is 5.75 Å². The van der Waals surface area contributed by atoms with E-state index in [0.717, 1.165) is 44.8 Å². The molecular weight excluding hydrogens is 252 g/mol. The zero-order valence-corrected chi connectivity index (χ0v) is 12.2. The van der Waals surface area contributed by atoms with Crippen molar-refractivity contribution in [2.24, 2.45) is 5.92 Å². The number of nitrogens with one attached hydrogen (secondary N) is 1. The zero-order chi connectivity index (χ0) is 14.2. The third-order valence-electron chi connectivity index (χ3n) is 3.75. The van der Waals surface area contributed by atoms with Crippen LogP contribution in [0.2, 0.25) is 0 Å². The van der Waals surface area contributed by atoms with E-state index in [1.54, 1.807) is 7.05 Å². The minimum atomic E-state index is 0.157. The Bertz CT molecular complexity index is 408. The number of hydrogen-bond acceptors (Lipinski definition) is 3. The van der Waals surface area contributed by atoms with Crippen LogP contribution in [-0.4, -0.2) is 44.1 Å². The Morgan fingerprint density at radius 3 is 2.95 bits per heavy atom. The molecule has 0 bridgehead atoms. The predicted molar refractivity (Wildman–Crippen MR) is 79.8 cm³/mol. The van der Waals surface area contributed by atoms with E-state index in [0.29, 0.717) is 12.3 Å². The van der Waals surface area contributed by atoms with Crippen LogP contribution in [0.25, 0.3) is 0 Å². The maximum atomic E-state index is 11.3. The van der Waals surface area contributed by atoms with Gasteiger partial charge in [0, 0.05) is 26.6 Å². The second kappa shape index (κ2) is 7.90. The van der Waals surface area contributed by atoms with E-state index in [1.807, 2.05) is 30.3 Å². The van der Waals surface area contributed by atoms with E-state index in [-0.39, 0.29) is 5.91 Å². The lowest BCUT2D eigenvalue weighted by Crippen LogP contribution is -2.25. The molecule has 4 heteroatoms. The van der Waals surface area contributed by atoms with Crippen molar-refractivity contribution in [3.8, 4) is 5.75 Å². The number of amides is 1. The molecule has 1 atom stereocenters. The van der Waals surface area contributed by atoms with Crippen LogP contribution in [0.1, 0.15) is 19.3 Å². The second-order valence-electron chi connectivity index (χ2n) is 5.35. The molecular formula is C16H24N2O2. The Morgan fingerprint density at radius 1 is 1.40 bits per heavy atom. The number of ether oxygens (including phenoxy) is 1. The van der Waals surface area contributed by atoms with Crippen molar-refractivity contribution in [3.63, 3.8) is 0 Å². The van der Waals surface area contributed by atoms with Gasteiger partial charge in [-0.25, -0.2) is 0 Å². The van der Waals surface area contributed by atoms with E-state index >= 15 is 0 Å². The maximum Gasteiger partial charge on any atom is 0.220 e. The highest BCUT2D eigenvalue weighted by Gasteiger charge is 2.23. The molecule has 0 saturated carbocycles. The number of likely N-dealkylation sites (tertiary alicyclic amines) is 1. The lowest BCUT2D eigenvalue weighted by atomic mass is 10.1. The molecule has 1 N–H and O–H groups in total. The fourth-order valence-corrected chi connectivity index (χ4v) is 2.64. The summed E-state index contributed by atoms with van der Waals surface area (Å²) < 4.78 is 5.68. The molecule has 0 spiro atoms. The van der Waals surface area contributed by atoms with Gasteiger partial charge in [-0.3, -0.25) is 4.79 Å². The highest BCUT2D eigenvalue weighted by atomic mass is 16.5. The predicted octanol–water partition coefficient (Wildman–Crippen LogP) is 1.91. The third-order valence-corrected chi connectivity index (χ3v) is 3.75. The topological polar surface area (TPSA) is 41.6 Å². The lowest BCUT2D eigenvalue weighted by molar-refractivity contribution is -0.121. The molecule has 1 aromatic carbocycles. The minimum Gasteiger partial charge on any atom is -0.494 e. The molecule has 1 fully saturated rings. The van der Waals surface area contributed by atoms with Gasteiger partial charge >= 0.3 is 0 Å². The first-order chi connectivity index (χ1) is 9.78. The van der Waals surface area contributed by atoms with E-state index in [1.165, 1.54) is 0 Å². The molecule has 110 valence electrons. The Balaban J connectivity index is 1.58. The number of hydrogen-bond donors (Lipinski definition) is 1. The highest BCUT2D eigenvalue weighted by molar-refractivity contribution is 5.75. The third kappa shape index (κ3) is 4.85. The van der Waals surface area contributed by atoms with E-state index in [2.05, 4.69) is 10.2 Å². The molecule has 4 nitrogen and oxygen atoms in total. The molecule has 2 rings (SSSR count). The Labute approximate surface area is 121 Å². The van der Waals surface area contributed by atoms with Gasteiger partial charge in [0.2, 0.25) is 5.91 Å². The van der Waals surface area contributed by atoms with Crippen LogP contribution in [0.3, 0.4) is 0 Å². The number of nitrogens with zero attached hydrogens (tertiary/aromatic N) is 1. The standard InChI is InChI=1S/C16H24N2O2/c1-17-16(19)12-14-8-10-18(13-14)9-5-11-20-15-6-3-2-4-7-15/h2-4,6-7,14H,5,8-13H2,1H3,(H,17,19)/t14-/m1/s1. The molecule has 1 amide bonds. The van der Waals surface area contributed by atoms with Gasteiger partial charge in [-0.1, -0.05) is 18.2 Å². The Hall–Kier alpha value is -1.55. The summed E-state index contributed by atoms with van der Waals surface area (Å²) >= 11 is 0. The van der Waals surface area contributed by atoms with Crippen molar-refractivity contribution in [2.75, 3.05) is 33.3 Å². The number of rotatable bonds is 7. The van der Waals surface area contributed by atoms with Gasteiger partial charge in [-0.15, -0.1) is 0 Å². The number of benzene rings is 1. The number of carbonyl (C=O) groups excluding carboxylic acids is 1. The fourth-order valence-electron chi connectivity index (χ4n) is 2.64. The van der Waals surface area contributed by atoms with Crippen molar-refractivity contribution in [1.82, 2.24) is 10.2 Å². The fraction of sp³-hybridized carbons (Fsp3) is 0.562. The quantitative estimate of drug-likeness (QED) is 0.774. The average molecular weight is 276 g/mol. The second-order valence-corrected chi connectivity index (χ2v) is 5.35. The van der Waals surface area contributed by atoms with Gasteiger partial charge < -0.3 is 15.0 Å². The summed E-state index contributed by atoms with van der Waals surface area (Å²) in [7, 11) is 1.70. The van der Waals surface area contributed by atoms with Crippen molar-refractivity contribution in [3.05, 3.63) is 30.3 Å². The van der Waals surface area contributed by atoms with Crippen molar-refractivity contribution in [2.45, 2.75) is 19.3 Å². The highest BCUT2D eigenvalue weighted by Crippen LogP contribution is 2.19. The monoisotopic (exact) mass is 276 g/mol. The van der Waals surface area contributed by atoms with Gasteiger partial charge in [-0.2, -0.15) is 0 Å². The van der Waals surface area contributed by atoms with Crippen LogP contribution in [0, 0.1) is 5.92 Å². The molecule has 1 saturated heterocycles. The number of para-hydroxylation sites is 1. The normalized spacial score (nSPS) is 18.9. The van der Waals surface area contributed by atoms with Crippen molar-refractivity contribution >= 4 is 5.91 Å². The summed E-state index contributed by atoms with van der Waals surface area (Å²) in [6, 6.07) is 9.92. The van der Waals surface area contributed by atoms with Crippen LogP contribution in [-0.2, 0) is 4.79 Å². The summed E-state index contributed by atoms with van der Waals surface area (Å²) in [4.78, 5) is 13.8. The molecule has 0 aromatic heterocycles. The minimum absolute atomic E-state index is 0.157. The molecule has 20 heavy (non-hydrogen) atoms. The first kappa shape index (κ1) is 14.9. The largest absolute Gasteiger partial charge is 0.494 e. The molecule has 1 heterocycles.